The van der Waals surface area contributed by atoms with Gasteiger partial charge < -0.3 is 16.4 Å². The molecule has 0 bridgehead atoms. The monoisotopic (exact) mass is 397 g/mol. The van der Waals surface area contributed by atoms with Crippen LogP contribution < -0.4 is 16.4 Å². The maximum atomic E-state index is 6.36. The Morgan fingerprint density at radius 2 is 1.43 bits per heavy atom. The lowest BCUT2D eigenvalue weighted by Crippen LogP contribution is -2.12. The molecule has 0 radical (unpaired) electrons. The molecule has 2 aromatic carbocycles. The Balaban J connectivity index is 0.00000280. The van der Waals surface area contributed by atoms with E-state index in [1.54, 1.807) is 0 Å². The summed E-state index contributed by atoms with van der Waals surface area (Å²) in [5.74, 6) is 2.01. The van der Waals surface area contributed by atoms with Crippen LogP contribution >= 0.6 is 12.4 Å². The number of nitrogens with one attached hydrogen (secondary N) is 2. The zero-order chi connectivity index (χ0) is 18.9. The van der Waals surface area contributed by atoms with E-state index in [0.717, 1.165) is 18.5 Å². The molecular formula is C22H28ClN5. The lowest BCUT2D eigenvalue weighted by molar-refractivity contribution is 0.742. The first-order chi connectivity index (χ1) is 13.3. The highest BCUT2D eigenvalue weighted by molar-refractivity contribution is 5.85. The summed E-state index contributed by atoms with van der Waals surface area (Å²) in [4.78, 5) is 9.34. The molecule has 0 atom stereocenters. The topological polar surface area (TPSA) is 75.9 Å². The van der Waals surface area contributed by atoms with Crippen molar-refractivity contribution in [2.45, 2.75) is 32.7 Å². The summed E-state index contributed by atoms with van der Waals surface area (Å²) >= 11 is 0. The molecule has 0 amide bonds. The number of hydrogen-bond donors (Lipinski definition) is 3. The Morgan fingerprint density at radius 1 is 0.821 bits per heavy atom. The molecule has 0 saturated carbocycles. The maximum absolute atomic E-state index is 6.36. The summed E-state index contributed by atoms with van der Waals surface area (Å²) < 4.78 is 0. The van der Waals surface area contributed by atoms with Crippen LogP contribution in [0.4, 0.5) is 17.3 Å². The zero-order valence-electron chi connectivity index (χ0n) is 16.2. The minimum Gasteiger partial charge on any atom is -0.393 e. The number of hydrogen-bond acceptors (Lipinski definition) is 5. The van der Waals surface area contributed by atoms with Crippen molar-refractivity contribution in [2.24, 2.45) is 0 Å². The van der Waals surface area contributed by atoms with Gasteiger partial charge in [0.15, 0.2) is 17.5 Å². The van der Waals surface area contributed by atoms with Crippen LogP contribution in [0, 0.1) is 0 Å². The fourth-order valence-electron chi connectivity index (χ4n) is 2.82. The SMILES string of the molecule is CCCCCNc1nc(-c2ccccc2)nc(NCc2ccccc2)c1N.Cl. The van der Waals surface area contributed by atoms with Crippen LogP contribution in [0.1, 0.15) is 31.7 Å². The maximum Gasteiger partial charge on any atom is 0.164 e. The van der Waals surface area contributed by atoms with Gasteiger partial charge in [0, 0.05) is 18.7 Å². The fourth-order valence-corrected chi connectivity index (χ4v) is 2.82. The molecule has 3 rings (SSSR count). The largest absolute Gasteiger partial charge is 0.393 e. The van der Waals surface area contributed by atoms with Gasteiger partial charge in [-0.05, 0) is 12.0 Å². The second-order valence-electron chi connectivity index (χ2n) is 6.50. The Hall–Kier alpha value is -2.79. The summed E-state index contributed by atoms with van der Waals surface area (Å²) in [6.07, 6.45) is 3.45. The van der Waals surface area contributed by atoms with Crippen LogP contribution in [0.3, 0.4) is 0 Å². The van der Waals surface area contributed by atoms with Gasteiger partial charge in [0.05, 0.1) is 0 Å². The highest BCUT2D eigenvalue weighted by Crippen LogP contribution is 2.28. The van der Waals surface area contributed by atoms with Crippen molar-refractivity contribution in [3.8, 4) is 11.4 Å². The molecule has 5 nitrogen and oxygen atoms in total. The Labute approximate surface area is 173 Å². The number of benzene rings is 2. The number of aromatic nitrogens is 2. The second-order valence-corrected chi connectivity index (χ2v) is 6.50. The summed E-state index contributed by atoms with van der Waals surface area (Å²) in [6.45, 7) is 3.70. The molecule has 0 fully saturated rings. The number of anilines is 3. The molecule has 6 heteroatoms. The van der Waals surface area contributed by atoms with Gasteiger partial charge in [0.25, 0.3) is 0 Å². The van der Waals surface area contributed by atoms with Crippen molar-refractivity contribution in [1.82, 2.24) is 9.97 Å². The zero-order valence-corrected chi connectivity index (χ0v) is 17.0. The number of halogens is 1. The van der Waals surface area contributed by atoms with E-state index in [1.807, 2.05) is 48.5 Å². The Bertz CT molecular complexity index is 840. The van der Waals surface area contributed by atoms with Gasteiger partial charge in [0.1, 0.15) is 5.69 Å². The van der Waals surface area contributed by atoms with E-state index in [0.29, 0.717) is 29.7 Å². The van der Waals surface area contributed by atoms with Crippen LogP contribution in [0.25, 0.3) is 11.4 Å². The minimum absolute atomic E-state index is 0. The van der Waals surface area contributed by atoms with Crippen molar-refractivity contribution in [2.75, 3.05) is 22.9 Å². The molecule has 3 aromatic rings. The molecule has 0 aliphatic carbocycles. The summed E-state index contributed by atoms with van der Waals surface area (Å²) in [7, 11) is 0. The van der Waals surface area contributed by atoms with Gasteiger partial charge >= 0.3 is 0 Å². The first-order valence-electron chi connectivity index (χ1n) is 9.52. The van der Waals surface area contributed by atoms with Crippen LogP contribution in [0.5, 0.6) is 0 Å². The fraction of sp³-hybridized carbons (Fsp3) is 0.273. The van der Waals surface area contributed by atoms with Crippen LogP contribution in [0.2, 0.25) is 0 Å². The van der Waals surface area contributed by atoms with Gasteiger partial charge in [-0.2, -0.15) is 0 Å². The molecule has 28 heavy (non-hydrogen) atoms. The molecule has 1 aromatic heterocycles. The molecule has 148 valence electrons. The van der Waals surface area contributed by atoms with E-state index in [9.17, 15) is 0 Å². The van der Waals surface area contributed by atoms with Gasteiger partial charge in [-0.3, -0.25) is 0 Å². The lowest BCUT2D eigenvalue weighted by atomic mass is 10.2. The molecule has 0 aliphatic heterocycles. The molecule has 0 spiro atoms. The van der Waals surface area contributed by atoms with Gasteiger partial charge in [-0.1, -0.05) is 80.4 Å². The normalized spacial score (nSPS) is 10.2. The number of nitrogens with two attached hydrogens (primary N) is 1. The predicted molar refractivity (Wildman–Crippen MR) is 121 cm³/mol. The van der Waals surface area contributed by atoms with E-state index >= 15 is 0 Å². The minimum atomic E-state index is 0. The predicted octanol–water partition coefficient (Wildman–Crippen LogP) is 5.36. The van der Waals surface area contributed by atoms with Crippen LogP contribution in [-0.2, 0) is 6.54 Å². The highest BCUT2D eigenvalue weighted by atomic mass is 35.5. The average Bonchev–Trinajstić information content (AvgIpc) is 2.72. The third-order valence-corrected chi connectivity index (χ3v) is 4.35. The van der Waals surface area contributed by atoms with Crippen molar-refractivity contribution < 1.29 is 0 Å². The lowest BCUT2D eigenvalue weighted by Gasteiger charge is -2.15. The Morgan fingerprint density at radius 3 is 2.07 bits per heavy atom. The second kappa shape index (κ2) is 11.1. The molecule has 4 N–H and O–H groups in total. The van der Waals surface area contributed by atoms with Crippen molar-refractivity contribution >= 4 is 29.7 Å². The number of nitrogens with zero attached hydrogens (tertiary/aromatic N) is 2. The number of nitrogen functional groups attached to an aromatic ring is 1. The van der Waals surface area contributed by atoms with Gasteiger partial charge in [-0.25, -0.2) is 9.97 Å². The first kappa shape index (κ1) is 21.5. The van der Waals surface area contributed by atoms with Gasteiger partial charge in [0.2, 0.25) is 0 Å². The van der Waals surface area contributed by atoms with Crippen LogP contribution in [0.15, 0.2) is 60.7 Å². The molecule has 0 unspecified atom stereocenters. The van der Waals surface area contributed by atoms with Gasteiger partial charge in [-0.15, -0.1) is 12.4 Å². The van der Waals surface area contributed by atoms with Crippen molar-refractivity contribution in [3.63, 3.8) is 0 Å². The average molecular weight is 398 g/mol. The van der Waals surface area contributed by atoms with Crippen molar-refractivity contribution in [1.29, 1.82) is 0 Å². The number of unbranched alkanes of at least 4 members (excludes halogenated alkanes) is 2. The highest BCUT2D eigenvalue weighted by Gasteiger charge is 2.13. The van der Waals surface area contributed by atoms with E-state index in [-0.39, 0.29) is 12.4 Å². The quantitative estimate of drug-likeness (QED) is 0.423. The standard InChI is InChI=1S/C22H27N5.ClH/c1-2-3-10-15-24-21-19(23)22(25-16-17-11-6-4-7-12-17)27-20(26-21)18-13-8-5-9-14-18;/h4-9,11-14H,2-3,10,15-16,23H2,1H3,(H2,24,25,26,27);1H. The smallest absolute Gasteiger partial charge is 0.164 e. The van der Waals surface area contributed by atoms with Crippen LogP contribution in [-0.4, -0.2) is 16.5 Å². The molecule has 0 saturated heterocycles. The van der Waals surface area contributed by atoms with E-state index in [4.69, 9.17) is 5.73 Å². The summed E-state index contributed by atoms with van der Waals surface area (Å²) in [6, 6.07) is 20.2. The van der Waals surface area contributed by atoms with E-state index in [1.165, 1.54) is 18.4 Å². The first-order valence-corrected chi connectivity index (χ1v) is 9.52. The third kappa shape index (κ3) is 5.86. The molecule has 0 aliphatic rings. The Kier molecular flexibility index (Phi) is 8.56. The van der Waals surface area contributed by atoms with E-state index in [2.05, 4.69) is 39.7 Å². The summed E-state index contributed by atoms with van der Waals surface area (Å²) in [5.41, 5.74) is 9.06. The molecular weight excluding hydrogens is 370 g/mol. The summed E-state index contributed by atoms with van der Waals surface area (Å²) in [5, 5.41) is 6.75. The number of rotatable bonds is 9. The van der Waals surface area contributed by atoms with Crippen molar-refractivity contribution in [3.05, 3.63) is 66.2 Å². The van der Waals surface area contributed by atoms with E-state index < -0.39 is 0 Å². The third-order valence-electron chi connectivity index (χ3n) is 4.35. The molecule has 1 heterocycles.